The van der Waals surface area contributed by atoms with Crippen LogP contribution in [0.4, 0.5) is 0 Å². The van der Waals surface area contributed by atoms with Crippen LogP contribution in [0.1, 0.15) is 43.7 Å². The summed E-state index contributed by atoms with van der Waals surface area (Å²) < 4.78 is 0. The average molecular weight is 293 g/mol. The first kappa shape index (κ1) is 15.3. The van der Waals surface area contributed by atoms with Crippen LogP contribution in [0.5, 0.6) is 0 Å². The van der Waals surface area contributed by atoms with Crippen molar-refractivity contribution in [2.75, 3.05) is 6.54 Å². The quantitative estimate of drug-likeness (QED) is 0.825. The molecule has 0 unspecified atom stereocenters. The highest BCUT2D eigenvalue weighted by atomic mass is 14.5. The fourth-order valence-corrected chi connectivity index (χ4v) is 3.66. The van der Waals surface area contributed by atoms with E-state index in [2.05, 4.69) is 49.9 Å². The average Bonchev–Trinajstić information content (AvgIpc) is 2.55. The van der Waals surface area contributed by atoms with Gasteiger partial charge in [-0.2, -0.15) is 0 Å². The Balaban J connectivity index is 1.82. The fraction of sp³-hybridized carbons (Fsp3) is 0.429. The smallest absolute Gasteiger partial charge is 0.00367 e. The minimum Gasteiger partial charge on any atom is -0.330 e. The molecule has 1 fully saturated rings. The third-order valence-corrected chi connectivity index (χ3v) is 5.22. The van der Waals surface area contributed by atoms with E-state index in [1.165, 1.54) is 53.2 Å². The van der Waals surface area contributed by atoms with Crippen LogP contribution in [0.15, 0.2) is 43.0 Å². The number of benzene rings is 2. The molecule has 1 aliphatic carbocycles. The summed E-state index contributed by atoms with van der Waals surface area (Å²) in [5.41, 5.74) is 9.62. The second-order valence-electron chi connectivity index (χ2n) is 6.92. The first-order valence-corrected chi connectivity index (χ1v) is 8.59. The van der Waals surface area contributed by atoms with E-state index in [9.17, 15) is 0 Å². The van der Waals surface area contributed by atoms with E-state index in [1.54, 1.807) is 0 Å². The van der Waals surface area contributed by atoms with Gasteiger partial charge in [-0.15, -0.1) is 0 Å². The van der Waals surface area contributed by atoms with Gasteiger partial charge in [-0.3, -0.25) is 0 Å². The largest absolute Gasteiger partial charge is 0.330 e. The molecule has 0 spiro atoms. The van der Waals surface area contributed by atoms with Gasteiger partial charge in [0, 0.05) is 0 Å². The summed E-state index contributed by atoms with van der Waals surface area (Å²) in [6.45, 7) is 7.49. The standard InChI is InChI=1S/C21H27N/c1-15-3-6-18(7-4-15)16(2)19-9-10-20-13-17(11-12-22)5-8-21(20)14-19/h5,8-10,13-15,18H,2-4,6-7,11-12,22H2,1H3. The summed E-state index contributed by atoms with van der Waals surface area (Å²) in [6.07, 6.45) is 6.24. The molecule has 1 saturated carbocycles. The number of hydrogen-bond acceptors (Lipinski definition) is 1. The molecule has 0 aromatic heterocycles. The van der Waals surface area contributed by atoms with Gasteiger partial charge >= 0.3 is 0 Å². The van der Waals surface area contributed by atoms with Crippen molar-refractivity contribution >= 4 is 16.3 Å². The maximum atomic E-state index is 5.65. The van der Waals surface area contributed by atoms with Crippen molar-refractivity contribution in [2.24, 2.45) is 17.6 Å². The summed E-state index contributed by atoms with van der Waals surface area (Å²) in [5, 5.41) is 2.61. The molecule has 22 heavy (non-hydrogen) atoms. The van der Waals surface area contributed by atoms with Crippen molar-refractivity contribution in [3.05, 3.63) is 54.1 Å². The number of hydrogen-bond donors (Lipinski definition) is 1. The van der Waals surface area contributed by atoms with Gasteiger partial charge in [0.15, 0.2) is 0 Å². The lowest BCUT2D eigenvalue weighted by Crippen LogP contribution is -2.13. The summed E-state index contributed by atoms with van der Waals surface area (Å²) in [5.74, 6) is 1.56. The minimum absolute atomic E-state index is 0.671. The van der Waals surface area contributed by atoms with E-state index < -0.39 is 0 Å². The molecule has 0 radical (unpaired) electrons. The second kappa shape index (κ2) is 6.66. The van der Waals surface area contributed by atoms with Crippen molar-refractivity contribution in [1.82, 2.24) is 0 Å². The molecule has 0 aliphatic heterocycles. The van der Waals surface area contributed by atoms with Gasteiger partial charge in [0.25, 0.3) is 0 Å². The van der Waals surface area contributed by atoms with Crippen LogP contribution in [-0.2, 0) is 6.42 Å². The molecule has 1 nitrogen and oxygen atoms in total. The summed E-state index contributed by atoms with van der Waals surface area (Å²) in [4.78, 5) is 0. The summed E-state index contributed by atoms with van der Waals surface area (Å²) in [7, 11) is 0. The number of nitrogens with two attached hydrogens (primary N) is 1. The molecule has 1 aliphatic rings. The van der Waals surface area contributed by atoms with Crippen molar-refractivity contribution in [1.29, 1.82) is 0 Å². The Kier molecular flexibility index (Phi) is 4.63. The van der Waals surface area contributed by atoms with E-state index >= 15 is 0 Å². The Morgan fingerprint density at radius 3 is 2.45 bits per heavy atom. The van der Waals surface area contributed by atoms with Gasteiger partial charge in [0.1, 0.15) is 0 Å². The van der Waals surface area contributed by atoms with Gasteiger partial charge in [-0.05, 0) is 71.2 Å². The zero-order valence-electron chi connectivity index (χ0n) is 13.6. The molecule has 2 N–H and O–H groups in total. The fourth-order valence-electron chi connectivity index (χ4n) is 3.66. The molecule has 2 aromatic carbocycles. The van der Waals surface area contributed by atoms with E-state index in [0.717, 1.165) is 12.3 Å². The highest BCUT2D eigenvalue weighted by Crippen LogP contribution is 2.37. The van der Waals surface area contributed by atoms with Gasteiger partial charge in [-0.25, -0.2) is 0 Å². The van der Waals surface area contributed by atoms with Gasteiger partial charge in [-0.1, -0.05) is 56.7 Å². The van der Waals surface area contributed by atoms with Crippen LogP contribution in [0.3, 0.4) is 0 Å². The van der Waals surface area contributed by atoms with Crippen molar-refractivity contribution < 1.29 is 0 Å². The first-order valence-electron chi connectivity index (χ1n) is 8.59. The van der Waals surface area contributed by atoms with Crippen LogP contribution in [0, 0.1) is 11.8 Å². The second-order valence-corrected chi connectivity index (χ2v) is 6.92. The molecule has 0 atom stereocenters. The molecule has 3 rings (SSSR count). The third-order valence-electron chi connectivity index (χ3n) is 5.22. The lowest BCUT2D eigenvalue weighted by Gasteiger charge is -2.28. The van der Waals surface area contributed by atoms with Crippen LogP contribution in [0.2, 0.25) is 0 Å². The SMILES string of the molecule is C=C(c1ccc2cc(CCN)ccc2c1)C1CCC(C)CC1. The molecule has 0 saturated heterocycles. The molecular formula is C21H27N. The Hall–Kier alpha value is -1.60. The lowest BCUT2D eigenvalue weighted by atomic mass is 9.77. The monoisotopic (exact) mass is 293 g/mol. The van der Waals surface area contributed by atoms with E-state index in [1.807, 2.05) is 0 Å². The first-order chi connectivity index (χ1) is 10.7. The molecule has 2 aromatic rings. The Labute approximate surface area is 134 Å². The van der Waals surface area contributed by atoms with Crippen molar-refractivity contribution in [3.8, 4) is 0 Å². The number of allylic oxidation sites excluding steroid dienone is 1. The maximum absolute atomic E-state index is 5.65. The predicted molar refractivity (Wildman–Crippen MR) is 96.9 cm³/mol. The molecule has 0 bridgehead atoms. The van der Waals surface area contributed by atoms with Crippen LogP contribution in [-0.4, -0.2) is 6.54 Å². The highest BCUT2D eigenvalue weighted by Gasteiger charge is 2.21. The van der Waals surface area contributed by atoms with E-state index in [0.29, 0.717) is 12.5 Å². The van der Waals surface area contributed by atoms with Gasteiger partial charge in [0.05, 0.1) is 0 Å². The molecule has 0 amide bonds. The third kappa shape index (κ3) is 3.25. The van der Waals surface area contributed by atoms with Gasteiger partial charge in [0.2, 0.25) is 0 Å². The molecule has 1 heteroatoms. The van der Waals surface area contributed by atoms with Crippen molar-refractivity contribution in [3.63, 3.8) is 0 Å². The Bertz CT molecular complexity index is 663. The zero-order chi connectivity index (χ0) is 15.5. The molecular weight excluding hydrogens is 266 g/mol. The zero-order valence-corrected chi connectivity index (χ0v) is 13.6. The summed E-state index contributed by atoms with van der Waals surface area (Å²) in [6, 6.07) is 13.5. The van der Waals surface area contributed by atoms with E-state index in [4.69, 9.17) is 5.73 Å². The number of fused-ring (bicyclic) bond motifs is 1. The minimum atomic E-state index is 0.671. The number of rotatable bonds is 4. The topological polar surface area (TPSA) is 26.0 Å². The van der Waals surface area contributed by atoms with E-state index in [-0.39, 0.29) is 0 Å². The molecule has 0 heterocycles. The van der Waals surface area contributed by atoms with Gasteiger partial charge < -0.3 is 5.73 Å². The Morgan fingerprint density at radius 1 is 1.05 bits per heavy atom. The van der Waals surface area contributed by atoms with Crippen molar-refractivity contribution in [2.45, 2.75) is 39.0 Å². The predicted octanol–water partition coefficient (Wildman–Crippen LogP) is 5.18. The molecule has 116 valence electrons. The highest BCUT2D eigenvalue weighted by molar-refractivity contribution is 5.87. The lowest BCUT2D eigenvalue weighted by molar-refractivity contribution is 0.337. The maximum Gasteiger partial charge on any atom is -0.00367 e. The van der Waals surface area contributed by atoms with Crippen LogP contribution < -0.4 is 5.73 Å². The normalized spacial score (nSPS) is 21.9. The van der Waals surface area contributed by atoms with Crippen LogP contribution in [0.25, 0.3) is 16.3 Å². The Morgan fingerprint density at radius 2 is 1.73 bits per heavy atom. The van der Waals surface area contributed by atoms with Crippen LogP contribution >= 0.6 is 0 Å². The summed E-state index contributed by atoms with van der Waals surface area (Å²) >= 11 is 0.